The molecule has 0 radical (unpaired) electrons. The third-order valence-corrected chi connectivity index (χ3v) is 15.5. The highest BCUT2D eigenvalue weighted by molar-refractivity contribution is 6.31. The number of fused-ring (bicyclic) bond motifs is 2. The molecule has 4 heterocycles. The summed E-state index contributed by atoms with van der Waals surface area (Å²) in [6, 6.07) is 40.3. The van der Waals surface area contributed by atoms with Crippen molar-refractivity contribution < 1.29 is 35.8 Å². The van der Waals surface area contributed by atoms with Crippen molar-refractivity contribution in [1.82, 2.24) is 28.7 Å². The van der Waals surface area contributed by atoms with Crippen molar-refractivity contribution in [3.63, 3.8) is 0 Å². The van der Waals surface area contributed by atoms with Crippen LogP contribution in [0.3, 0.4) is 0 Å². The maximum absolute atomic E-state index is 12.9. The van der Waals surface area contributed by atoms with Crippen LogP contribution in [0.2, 0.25) is 5.02 Å². The second-order valence-electron chi connectivity index (χ2n) is 20.5. The molecule has 0 unspecified atom stereocenters. The number of hydrogen-bond donors (Lipinski definition) is 2. The van der Waals surface area contributed by atoms with E-state index in [0.717, 1.165) is 177 Å². The Morgan fingerprint density at radius 1 is 0.462 bits per heavy atom. The van der Waals surface area contributed by atoms with Gasteiger partial charge >= 0.3 is 12.7 Å². The summed E-state index contributed by atoms with van der Waals surface area (Å²) in [6.45, 7) is 13.3. The Balaban J connectivity index is 0.710. The minimum atomic E-state index is -4.75. The Morgan fingerprint density at radius 2 is 0.962 bits per heavy atom. The van der Waals surface area contributed by atoms with E-state index < -0.39 is 12.7 Å². The van der Waals surface area contributed by atoms with Gasteiger partial charge in [0.25, 0.3) is 0 Å². The Bertz CT molecular complexity index is 3270. The van der Waals surface area contributed by atoms with Crippen LogP contribution in [0.4, 0.5) is 26.3 Å². The third-order valence-electron chi connectivity index (χ3n) is 15.1. The van der Waals surface area contributed by atoms with Crippen LogP contribution in [-0.4, -0.2) is 113 Å². The zero-order chi connectivity index (χ0) is 54.4. The number of nitrogens with two attached hydrogens (primary N) is 2. The topological polar surface area (TPSA) is 93.3 Å². The molecule has 0 amide bonds. The van der Waals surface area contributed by atoms with Crippen LogP contribution < -0.4 is 20.9 Å². The van der Waals surface area contributed by atoms with Gasteiger partial charge in [-0.3, -0.25) is 14.7 Å². The van der Waals surface area contributed by atoms with E-state index in [9.17, 15) is 26.3 Å². The van der Waals surface area contributed by atoms with Crippen molar-refractivity contribution >= 4 is 33.4 Å². The van der Waals surface area contributed by atoms with Gasteiger partial charge in [-0.15, -0.1) is 26.3 Å². The molecule has 10 rings (SSSR count). The average molecular weight is 1090 g/mol. The first kappa shape index (κ1) is 55.0. The molecule has 0 spiro atoms. The fourth-order valence-electron chi connectivity index (χ4n) is 11.1. The second-order valence-corrected chi connectivity index (χ2v) is 20.9. The van der Waals surface area contributed by atoms with Crippen molar-refractivity contribution in [2.24, 2.45) is 11.5 Å². The molecule has 4 N–H and O–H groups in total. The summed E-state index contributed by atoms with van der Waals surface area (Å²) >= 11 is 6.83. The normalized spacial score (nSPS) is 15.4. The monoisotopic (exact) mass is 1090 g/mol. The van der Waals surface area contributed by atoms with Crippen LogP contribution in [0, 0.1) is 0 Å². The van der Waals surface area contributed by atoms with Gasteiger partial charge in [0.1, 0.15) is 11.5 Å². The van der Waals surface area contributed by atoms with E-state index in [0.29, 0.717) is 13.1 Å². The van der Waals surface area contributed by atoms with E-state index in [1.54, 1.807) is 24.3 Å². The Hall–Kier alpha value is -6.37. The standard InChI is InChI=1S/C61H65ClF6N8O2/c62-56-20-15-48(37-49(56)22-27-71-28-30-74(31-29-71)40-50-4-1-5-58-59(50)55(42-76(58)26-3-24-70)47-13-18-52(19-14-47)78-61(66,67)68)45-9-6-43(7-10-45)38-72-32-34-73(35-33-72)39-44-8-21-57-53(36-44)54(41-75(57)25-2-23-69)46-11-16-51(17-12-46)77-60(63,64)65/h1,4-21,36-37,41-42H,2-3,22-35,38-40,69-70H2. The molecular formula is C61H65ClF6N8O2. The van der Waals surface area contributed by atoms with Gasteiger partial charge in [0, 0.05) is 142 Å². The quantitative estimate of drug-likeness (QED) is 0.0729. The summed E-state index contributed by atoms with van der Waals surface area (Å²) in [7, 11) is 0. The van der Waals surface area contributed by atoms with Crippen molar-refractivity contribution in [3.05, 3.63) is 167 Å². The molecule has 0 atom stereocenters. The first-order valence-electron chi connectivity index (χ1n) is 26.8. The van der Waals surface area contributed by atoms with E-state index in [2.05, 4.69) is 123 Å². The lowest BCUT2D eigenvalue weighted by Crippen LogP contribution is -2.46. The largest absolute Gasteiger partial charge is 0.573 e. The van der Waals surface area contributed by atoms with Crippen molar-refractivity contribution in [2.45, 2.75) is 64.7 Å². The molecule has 410 valence electrons. The van der Waals surface area contributed by atoms with E-state index in [1.807, 2.05) is 6.07 Å². The van der Waals surface area contributed by atoms with E-state index in [-0.39, 0.29) is 11.5 Å². The van der Waals surface area contributed by atoms with Crippen LogP contribution in [0.1, 0.15) is 35.1 Å². The van der Waals surface area contributed by atoms with Gasteiger partial charge in [0.05, 0.1) is 0 Å². The van der Waals surface area contributed by atoms with Crippen LogP contribution in [0.15, 0.2) is 140 Å². The van der Waals surface area contributed by atoms with E-state index in [4.69, 9.17) is 23.1 Å². The van der Waals surface area contributed by atoms with Gasteiger partial charge in [0.15, 0.2) is 0 Å². The predicted molar refractivity (Wildman–Crippen MR) is 298 cm³/mol. The molecule has 2 saturated heterocycles. The molecule has 8 aromatic rings. The fourth-order valence-corrected chi connectivity index (χ4v) is 11.3. The molecule has 17 heteroatoms. The molecule has 78 heavy (non-hydrogen) atoms. The number of nitrogens with zero attached hydrogens (tertiary/aromatic N) is 6. The highest BCUT2D eigenvalue weighted by atomic mass is 35.5. The van der Waals surface area contributed by atoms with Crippen molar-refractivity contribution in [1.29, 1.82) is 0 Å². The van der Waals surface area contributed by atoms with E-state index in [1.165, 1.54) is 41.0 Å². The molecule has 2 aromatic heterocycles. The number of aromatic nitrogens is 2. The number of aryl methyl sites for hydroxylation is 2. The summed E-state index contributed by atoms with van der Waals surface area (Å²) in [5, 5.41) is 2.93. The van der Waals surface area contributed by atoms with Gasteiger partial charge in [-0.25, -0.2) is 0 Å². The van der Waals surface area contributed by atoms with Crippen molar-refractivity contribution in [2.75, 3.05) is 72.0 Å². The molecule has 2 fully saturated rings. The number of halogens is 7. The number of ether oxygens (including phenoxy) is 2. The molecule has 2 aliphatic heterocycles. The Labute approximate surface area is 456 Å². The minimum Gasteiger partial charge on any atom is -0.406 e. The van der Waals surface area contributed by atoms with Crippen LogP contribution >= 0.6 is 11.6 Å². The van der Waals surface area contributed by atoms with Crippen LogP contribution in [0.25, 0.3) is 55.2 Å². The summed E-state index contributed by atoms with van der Waals surface area (Å²) in [5.74, 6) is -0.492. The first-order valence-corrected chi connectivity index (χ1v) is 27.2. The second kappa shape index (κ2) is 24.3. The Kier molecular flexibility index (Phi) is 17.1. The molecule has 10 nitrogen and oxygen atoms in total. The number of rotatable bonds is 20. The van der Waals surface area contributed by atoms with Crippen LogP contribution in [0.5, 0.6) is 11.5 Å². The number of alkyl halides is 6. The summed E-state index contributed by atoms with van der Waals surface area (Å²) in [5.41, 5.74) is 24.5. The number of hydrogen-bond acceptors (Lipinski definition) is 8. The van der Waals surface area contributed by atoms with Gasteiger partial charge in [-0.1, -0.05) is 84.4 Å². The van der Waals surface area contributed by atoms with Gasteiger partial charge in [0.2, 0.25) is 0 Å². The van der Waals surface area contributed by atoms with Crippen LogP contribution in [-0.2, 0) is 39.1 Å². The summed E-state index contributed by atoms with van der Waals surface area (Å²) in [4.78, 5) is 9.96. The minimum absolute atomic E-state index is 0.246. The molecule has 6 aromatic carbocycles. The number of piperazine rings is 2. The lowest BCUT2D eigenvalue weighted by atomic mass is 10.00. The first-order chi connectivity index (χ1) is 37.6. The van der Waals surface area contributed by atoms with Gasteiger partial charge in [-0.2, -0.15) is 0 Å². The summed E-state index contributed by atoms with van der Waals surface area (Å²) < 4.78 is 90.0. The zero-order valence-corrected chi connectivity index (χ0v) is 44.3. The lowest BCUT2D eigenvalue weighted by molar-refractivity contribution is -0.275. The molecule has 2 aliphatic rings. The van der Waals surface area contributed by atoms with Gasteiger partial charge in [-0.05, 0) is 131 Å². The lowest BCUT2D eigenvalue weighted by Gasteiger charge is -2.35. The van der Waals surface area contributed by atoms with Crippen molar-refractivity contribution in [3.8, 4) is 44.9 Å². The molecular weight excluding hydrogens is 1030 g/mol. The third kappa shape index (κ3) is 13.7. The maximum Gasteiger partial charge on any atom is 0.573 e. The van der Waals surface area contributed by atoms with E-state index >= 15 is 0 Å². The molecule has 0 saturated carbocycles. The highest BCUT2D eigenvalue weighted by Gasteiger charge is 2.32. The predicted octanol–water partition coefficient (Wildman–Crippen LogP) is 12.4. The molecule has 0 bridgehead atoms. The average Bonchev–Trinajstić information content (AvgIpc) is 4.01. The Morgan fingerprint density at radius 3 is 1.55 bits per heavy atom. The number of benzene rings is 6. The van der Waals surface area contributed by atoms with Gasteiger partial charge < -0.3 is 35.0 Å². The molecule has 0 aliphatic carbocycles. The highest BCUT2D eigenvalue weighted by Crippen LogP contribution is 2.37. The summed E-state index contributed by atoms with van der Waals surface area (Å²) in [6.07, 6.45) is -2.89. The fraction of sp³-hybridized carbons (Fsp3) is 0.344. The maximum atomic E-state index is 12.9. The zero-order valence-electron chi connectivity index (χ0n) is 43.5. The SMILES string of the molecule is NCCCn1cc(-c2ccc(OC(F)(F)F)cc2)c2cc(CN3CCN(Cc4ccc(-c5ccc(Cl)c(CCN6CCN(Cc7cccc8c7c(-c7ccc(OC(F)(F)F)cc7)cn8CCCN)CC6)c5)cc4)CC3)ccc21. The smallest absolute Gasteiger partial charge is 0.406 e.